The van der Waals surface area contributed by atoms with Crippen LogP contribution >= 0.6 is 0 Å². The van der Waals surface area contributed by atoms with Gasteiger partial charge in [0.2, 0.25) is 0 Å². The summed E-state index contributed by atoms with van der Waals surface area (Å²) in [5, 5.41) is 28.1. The fourth-order valence-corrected chi connectivity index (χ4v) is 2.01. The smallest absolute Gasteiger partial charge is 0.303 e. The zero-order valence-electron chi connectivity index (χ0n) is 14.7. The van der Waals surface area contributed by atoms with Crippen molar-refractivity contribution in [2.75, 3.05) is 0 Å². The summed E-state index contributed by atoms with van der Waals surface area (Å²) in [6.45, 7) is 2.16. The van der Waals surface area contributed by atoms with Crippen molar-refractivity contribution in [3.8, 4) is 0 Å². The van der Waals surface area contributed by atoms with Gasteiger partial charge in [0, 0.05) is 12.8 Å². The first-order valence-corrected chi connectivity index (χ1v) is 8.80. The van der Waals surface area contributed by atoms with Crippen molar-refractivity contribution in [3.63, 3.8) is 0 Å². The SMILES string of the molecule is CCCCC/C=C/CC(O)(O)/C=C/C=C/C=C/CCCCC(=O)O. The van der Waals surface area contributed by atoms with Gasteiger partial charge in [-0.2, -0.15) is 0 Å². The maximum absolute atomic E-state index is 10.3. The number of aliphatic carboxylic acids is 1. The highest BCUT2D eigenvalue weighted by molar-refractivity contribution is 5.66. The summed E-state index contributed by atoms with van der Waals surface area (Å²) in [5.74, 6) is -2.57. The molecule has 4 heteroatoms. The highest BCUT2D eigenvalue weighted by Gasteiger charge is 2.15. The van der Waals surface area contributed by atoms with Crippen LogP contribution in [0.25, 0.3) is 0 Å². The van der Waals surface area contributed by atoms with Gasteiger partial charge in [0.25, 0.3) is 0 Å². The number of unbranched alkanes of at least 4 members (excludes halogenated alkanes) is 5. The Balaban J connectivity index is 3.86. The molecule has 0 aliphatic heterocycles. The molecule has 0 saturated carbocycles. The summed E-state index contributed by atoms with van der Waals surface area (Å²) in [6, 6.07) is 0. The largest absolute Gasteiger partial charge is 0.481 e. The van der Waals surface area contributed by atoms with Crippen LogP contribution in [0.3, 0.4) is 0 Å². The Bertz CT molecular complexity index is 431. The van der Waals surface area contributed by atoms with E-state index in [0.717, 1.165) is 25.7 Å². The number of carboxylic acid groups (broad SMARTS) is 1. The molecule has 0 rings (SSSR count). The van der Waals surface area contributed by atoms with Gasteiger partial charge in [0.1, 0.15) is 0 Å². The van der Waals surface area contributed by atoms with Crippen LogP contribution in [0.5, 0.6) is 0 Å². The van der Waals surface area contributed by atoms with Gasteiger partial charge in [-0.05, 0) is 38.2 Å². The van der Waals surface area contributed by atoms with Crippen molar-refractivity contribution < 1.29 is 20.1 Å². The molecule has 0 aliphatic carbocycles. The molecule has 0 aliphatic rings. The number of allylic oxidation sites excluding steroid dienone is 6. The molecule has 0 unspecified atom stereocenters. The fourth-order valence-electron chi connectivity index (χ4n) is 2.01. The first-order chi connectivity index (χ1) is 11.5. The van der Waals surface area contributed by atoms with E-state index in [1.54, 1.807) is 18.2 Å². The van der Waals surface area contributed by atoms with E-state index in [9.17, 15) is 15.0 Å². The van der Waals surface area contributed by atoms with E-state index < -0.39 is 11.8 Å². The summed E-state index contributed by atoms with van der Waals surface area (Å²) >= 11 is 0. The maximum atomic E-state index is 10.3. The third-order valence-corrected chi connectivity index (χ3v) is 3.40. The molecule has 0 atom stereocenters. The molecule has 0 fully saturated rings. The van der Waals surface area contributed by atoms with Gasteiger partial charge in [0.15, 0.2) is 5.79 Å². The fraction of sp³-hybridized carbons (Fsp3) is 0.550. The summed E-state index contributed by atoms with van der Waals surface area (Å²) in [4.78, 5) is 10.3. The van der Waals surface area contributed by atoms with Crippen LogP contribution < -0.4 is 0 Å². The van der Waals surface area contributed by atoms with Crippen LogP contribution in [-0.4, -0.2) is 27.1 Å². The van der Waals surface area contributed by atoms with Crippen LogP contribution in [0.2, 0.25) is 0 Å². The van der Waals surface area contributed by atoms with Crippen LogP contribution in [0.1, 0.15) is 64.7 Å². The van der Waals surface area contributed by atoms with Crippen molar-refractivity contribution in [1.82, 2.24) is 0 Å². The highest BCUT2D eigenvalue weighted by atomic mass is 16.5. The Labute approximate surface area is 145 Å². The lowest BCUT2D eigenvalue weighted by molar-refractivity contribution is -0.137. The quantitative estimate of drug-likeness (QED) is 0.189. The molecule has 0 spiro atoms. The number of aliphatic hydroxyl groups is 2. The van der Waals surface area contributed by atoms with Crippen molar-refractivity contribution in [2.24, 2.45) is 0 Å². The molecule has 0 radical (unpaired) electrons. The molecule has 4 nitrogen and oxygen atoms in total. The monoisotopic (exact) mass is 336 g/mol. The first-order valence-electron chi connectivity index (χ1n) is 8.80. The van der Waals surface area contributed by atoms with E-state index in [1.807, 2.05) is 24.3 Å². The lowest BCUT2D eigenvalue weighted by Gasteiger charge is -2.14. The van der Waals surface area contributed by atoms with Gasteiger partial charge in [-0.15, -0.1) is 0 Å². The molecule has 0 aromatic heterocycles. The second-order valence-electron chi connectivity index (χ2n) is 5.86. The number of carbonyl (C=O) groups is 1. The summed E-state index contributed by atoms with van der Waals surface area (Å²) in [5.41, 5.74) is 0. The second kappa shape index (κ2) is 14.9. The summed E-state index contributed by atoms with van der Waals surface area (Å²) < 4.78 is 0. The van der Waals surface area contributed by atoms with E-state index >= 15 is 0 Å². The Morgan fingerprint density at radius 2 is 1.54 bits per heavy atom. The third kappa shape index (κ3) is 16.7. The molecule has 0 aromatic carbocycles. The van der Waals surface area contributed by atoms with E-state index in [2.05, 4.69) is 6.92 Å². The number of hydrogen-bond donors (Lipinski definition) is 3. The second-order valence-corrected chi connectivity index (χ2v) is 5.86. The normalized spacial score (nSPS) is 13.1. The molecule has 0 amide bonds. The van der Waals surface area contributed by atoms with E-state index in [0.29, 0.717) is 6.42 Å². The van der Waals surface area contributed by atoms with Crippen molar-refractivity contribution in [2.45, 2.75) is 70.5 Å². The van der Waals surface area contributed by atoms with E-state index in [1.165, 1.54) is 18.9 Å². The predicted molar refractivity (Wildman–Crippen MR) is 98.6 cm³/mol. The predicted octanol–water partition coefficient (Wildman–Crippen LogP) is 4.51. The van der Waals surface area contributed by atoms with E-state index in [-0.39, 0.29) is 12.8 Å². The minimum Gasteiger partial charge on any atom is -0.481 e. The molecular formula is C20H32O4. The third-order valence-electron chi connectivity index (χ3n) is 3.40. The van der Waals surface area contributed by atoms with Crippen LogP contribution in [0.4, 0.5) is 0 Å². The molecule has 0 heterocycles. The minimum absolute atomic E-state index is 0.183. The molecule has 0 bridgehead atoms. The van der Waals surface area contributed by atoms with Gasteiger partial charge in [-0.3, -0.25) is 4.79 Å². The van der Waals surface area contributed by atoms with Gasteiger partial charge in [-0.1, -0.05) is 62.3 Å². The number of carboxylic acids is 1. The summed E-state index contributed by atoms with van der Waals surface area (Å²) in [6.07, 6.45) is 21.4. The average Bonchev–Trinajstić information content (AvgIpc) is 2.52. The van der Waals surface area contributed by atoms with Gasteiger partial charge in [0.05, 0.1) is 0 Å². The molecule has 3 N–H and O–H groups in total. The van der Waals surface area contributed by atoms with Crippen LogP contribution in [0.15, 0.2) is 48.6 Å². The molecule has 0 aromatic rings. The Morgan fingerprint density at radius 1 is 0.875 bits per heavy atom. The average molecular weight is 336 g/mol. The topological polar surface area (TPSA) is 77.8 Å². The van der Waals surface area contributed by atoms with Crippen LogP contribution in [0, 0.1) is 0 Å². The number of rotatable bonds is 14. The Hall–Kier alpha value is -1.65. The Kier molecular flexibility index (Phi) is 13.9. The molecular weight excluding hydrogens is 304 g/mol. The van der Waals surface area contributed by atoms with Crippen molar-refractivity contribution in [3.05, 3.63) is 48.6 Å². The number of hydrogen-bond acceptors (Lipinski definition) is 3. The van der Waals surface area contributed by atoms with Gasteiger partial charge < -0.3 is 15.3 Å². The van der Waals surface area contributed by atoms with Gasteiger partial charge >= 0.3 is 5.97 Å². The standard InChI is InChI=1S/C20H32O4/c1-2-3-4-5-11-14-17-20(23,24)18-15-12-9-7-6-8-10-13-16-19(21)22/h6-7,9,11-12,14-15,18,23-24H,2-5,8,10,13,16-17H2,1H3,(H,21,22)/b7-6+,12-9+,14-11+,18-15+. The maximum Gasteiger partial charge on any atom is 0.303 e. The van der Waals surface area contributed by atoms with Crippen LogP contribution in [-0.2, 0) is 4.79 Å². The zero-order chi connectivity index (χ0) is 18.1. The van der Waals surface area contributed by atoms with Crippen molar-refractivity contribution in [1.29, 1.82) is 0 Å². The molecule has 24 heavy (non-hydrogen) atoms. The summed E-state index contributed by atoms with van der Waals surface area (Å²) in [7, 11) is 0. The lowest BCUT2D eigenvalue weighted by Crippen LogP contribution is -2.23. The minimum atomic E-state index is -1.81. The van der Waals surface area contributed by atoms with E-state index in [4.69, 9.17) is 5.11 Å². The molecule has 136 valence electrons. The Morgan fingerprint density at radius 3 is 2.25 bits per heavy atom. The van der Waals surface area contributed by atoms with Gasteiger partial charge in [-0.25, -0.2) is 0 Å². The molecule has 0 saturated heterocycles. The lowest BCUT2D eigenvalue weighted by atomic mass is 10.1. The highest BCUT2D eigenvalue weighted by Crippen LogP contribution is 2.10. The van der Waals surface area contributed by atoms with Crippen molar-refractivity contribution >= 4 is 5.97 Å². The first kappa shape index (κ1) is 22.4. The zero-order valence-corrected chi connectivity index (χ0v) is 14.7.